The van der Waals surface area contributed by atoms with Crippen LogP contribution in [0.4, 0.5) is 0 Å². The quantitative estimate of drug-likeness (QED) is 0.278. The molecule has 0 saturated carbocycles. The first kappa shape index (κ1) is 25.4. The van der Waals surface area contributed by atoms with Gasteiger partial charge in [-0.15, -0.1) is 0 Å². The van der Waals surface area contributed by atoms with Crippen LogP contribution >= 0.6 is 0 Å². The molecule has 0 spiro atoms. The Labute approximate surface area is 178 Å². The van der Waals surface area contributed by atoms with Gasteiger partial charge in [-0.05, 0) is 37.7 Å². The van der Waals surface area contributed by atoms with Gasteiger partial charge in [-0.2, -0.15) is 0 Å². The van der Waals surface area contributed by atoms with Crippen molar-refractivity contribution in [3.05, 3.63) is 35.9 Å². The standard InChI is InChI=1S/C26H42O3/c1-4-5-9-15-22(2)16-14-21-26(23(3)27,24-17-10-8-11-18-24)20-13-7-6-12-19-25(28)29/h8,10-11,17-18,22H,4-7,9,12-16,19-21H2,1-3H3,(H,28,29). The first-order valence-electron chi connectivity index (χ1n) is 11.7. The number of carboxylic acid groups (broad SMARTS) is 1. The summed E-state index contributed by atoms with van der Waals surface area (Å²) in [7, 11) is 0. The van der Waals surface area contributed by atoms with Crippen molar-refractivity contribution >= 4 is 11.8 Å². The molecule has 29 heavy (non-hydrogen) atoms. The number of carbonyl (C=O) groups is 2. The van der Waals surface area contributed by atoms with Crippen molar-refractivity contribution in [1.82, 2.24) is 0 Å². The van der Waals surface area contributed by atoms with Crippen LogP contribution in [0.3, 0.4) is 0 Å². The maximum atomic E-state index is 12.9. The lowest BCUT2D eigenvalue weighted by Crippen LogP contribution is -2.34. The maximum Gasteiger partial charge on any atom is 0.303 e. The molecule has 3 heteroatoms. The molecule has 1 aromatic rings. The van der Waals surface area contributed by atoms with Crippen LogP contribution in [0.1, 0.15) is 110 Å². The van der Waals surface area contributed by atoms with Crippen LogP contribution in [0.2, 0.25) is 0 Å². The van der Waals surface area contributed by atoms with E-state index in [1.165, 1.54) is 32.1 Å². The molecule has 164 valence electrons. The molecule has 0 aliphatic carbocycles. The minimum absolute atomic E-state index is 0.243. The second-order valence-corrected chi connectivity index (χ2v) is 8.81. The average molecular weight is 403 g/mol. The highest BCUT2D eigenvalue weighted by Gasteiger charge is 2.36. The molecule has 0 amide bonds. The Morgan fingerprint density at radius 1 is 0.897 bits per heavy atom. The molecule has 0 aliphatic heterocycles. The van der Waals surface area contributed by atoms with Gasteiger partial charge in [-0.3, -0.25) is 9.59 Å². The zero-order valence-electron chi connectivity index (χ0n) is 18.9. The number of aliphatic carboxylic acids is 1. The summed E-state index contributed by atoms with van der Waals surface area (Å²) in [5.41, 5.74) is 0.758. The van der Waals surface area contributed by atoms with Crippen molar-refractivity contribution in [2.45, 2.75) is 110 Å². The Balaban J connectivity index is 2.69. The monoisotopic (exact) mass is 402 g/mol. The van der Waals surface area contributed by atoms with Crippen LogP contribution in [0, 0.1) is 5.92 Å². The van der Waals surface area contributed by atoms with Crippen molar-refractivity contribution in [3.8, 4) is 0 Å². The van der Waals surface area contributed by atoms with Gasteiger partial charge in [0.1, 0.15) is 5.78 Å². The normalized spacial score (nSPS) is 14.3. The van der Waals surface area contributed by atoms with E-state index in [9.17, 15) is 9.59 Å². The smallest absolute Gasteiger partial charge is 0.303 e. The van der Waals surface area contributed by atoms with E-state index in [0.29, 0.717) is 0 Å². The van der Waals surface area contributed by atoms with Crippen LogP contribution in [0.5, 0.6) is 0 Å². The lowest BCUT2D eigenvalue weighted by Gasteiger charge is -2.33. The van der Waals surface area contributed by atoms with Crippen LogP contribution in [-0.2, 0) is 15.0 Å². The van der Waals surface area contributed by atoms with Crippen molar-refractivity contribution in [3.63, 3.8) is 0 Å². The van der Waals surface area contributed by atoms with Gasteiger partial charge in [0.05, 0.1) is 5.41 Å². The van der Waals surface area contributed by atoms with Gasteiger partial charge in [-0.1, -0.05) is 102 Å². The highest BCUT2D eigenvalue weighted by molar-refractivity contribution is 5.88. The zero-order valence-corrected chi connectivity index (χ0v) is 18.9. The molecular formula is C26H42O3. The second-order valence-electron chi connectivity index (χ2n) is 8.81. The fourth-order valence-electron chi connectivity index (χ4n) is 4.42. The number of unbranched alkanes of at least 4 members (excludes halogenated alkanes) is 5. The first-order valence-corrected chi connectivity index (χ1v) is 11.7. The van der Waals surface area contributed by atoms with Gasteiger partial charge >= 0.3 is 5.97 Å². The summed E-state index contributed by atoms with van der Waals surface area (Å²) in [6.07, 6.45) is 13.1. The predicted octanol–water partition coefficient (Wildman–Crippen LogP) is 7.33. The minimum Gasteiger partial charge on any atom is -0.481 e. The minimum atomic E-state index is -0.722. The van der Waals surface area contributed by atoms with Crippen LogP contribution in [0.25, 0.3) is 0 Å². The predicted molar refractivity (Wildman–Crippen MR) is 121 cm³/mol. The highest BCUT2D eigenvalue weighted by Crippen LogP contribution is 2.37. The number of rotatable bonds is 17. The Morgan fingerprint density at radius 3 is 2.14 bits per heavy atom. The summed E-state index contributed by atoms with van der Waals surface area (Å²) in [4.78, 5) is 23.6. The lowest BCUT2D eigenvalue weighted by molar-refractivity contribution is -0.137. The first-order chi connectivity index (χ1) is 13.9. The fourth-order valence-corrected chi connectivity index (χ4v) is 4.42. The van der Waals surface area contributed by atoms with E-state index in [4.69, 9.17) is 5.11 Å². The number of carbonyl (C=O) groups excluding carboxylic acids is 1. The van der Waals surface area contributed by atoms with E-state index < -0.39 is 11.4 Å². The summed E-state index contributed by atoms with van der Waals surface area (Å²) in [6, 6.07) is 10.3. The summed E-state index contributed by atoms with van der Waals surface area (Å²) in [5.74, 6) is 0.270. The molecular weight excluding hydrogens is 360 g/mol. The van der Waals surface area contributed by atoms with E-state index in [-0.39, 0.29) is 12.2 Å². The number of ketones is 1. The van der Waals surface area contributed by atoms with Crippen LogP contribution in [0.15, 0.2) is 30.3 Å². The van der Waals surface area contributed by atoms with Crippen molar-refractivity contribution in [2.24, 2.45) is 5.92 Å². The summed E-state index contributed by atoms with van der Waals surface area (Å²) >= 11 is 0. The van der Waals surface area contributed by atoms with Gasteiger partial charge in [0.25, 0.3) is 0 Å². The molecule has 0 aliphatic rings. The average Bonchev–Trinajstić information content (AvgIpc) is 2.69. The van der Waals surface area contributed by atoms with E-state index in [2.05, 4.69) is 26.0 Å². The SMILES string of the molecule is CCCCCC(C)CCCC(CCCCCCC(=O)O)(C(C)=O)c1ccccc1. The summed E-state index contributed by atoms with van der Waals surface area (Å²) in [5, 5.41) is 8.79. The van der Waals surface area contributed by atoms with Crippen molar-refractivity contribution in [2.75, 3.05) is 0 Å². The van der Waals surface area contributed by atoms with E-state index in [0.717, 1.165) is 56.4 Å². The summed E-state index contributed by atoms with van der Waals surface area (Å²) < 4.78 is 0. The van der Waals surface area contributed by atoms with E-state index in [1.54, 1.807) is 6.92 Å². The number of benzene rings is 1. The molecule has 0 fully saturated rings. The largest absolute Gasteiger partial charge is 0.481 e. The molecule has 0 saturated heterocycles. The zero-order chi connectivity index (χ0) is 21.5. The second kappa shape index (κ2) is 14.4. The third-order valence-electron chi connectivity index (χ3n) is 6.35. The maximum absolute atomic E-state index is 12.9. The molecule has 0 radical (unpaired) electrons. The Kier molecular flexibility index (Phi) is 12.6. The third-order valence-corrected chi connectivity index (χ3v) is 6.35. The van der Waals surface area contributed by atoms with Gasteiger partial charge in [0.15, 0.2) is 0 Å². The molecule has 0 aromatic heterocycles. The Hall–Kier alpha value is -1.64. The number of Topliss-reactive ketones (excluding diaryl/α,β-unsaturated/α-hetero) is 1. The van der Waals surface area contributed by atoms with Gasteiger partial charge < -0.3 is 5.11 Å². The number of hydrogen-bond donors (Lipinski definition) is 1. The topological polar surface area (TPSA) is 54.4 Å². The van der Waals surface area contributed by atoms with Crippen LogP contribution < -0.4 is 0 Å². The van der Waals surface area contributed by atoms with Crippen LogP contribution in [-0.4, -0.2) is 16.9 Å². The van der Waals surface area contributed by atoms with Gasteiger partial charge in [0.2, 0.25) is 0 Å². The summed E-state index contributed by atoms with van der Waals surface area (Å²) in [6.45, 7) is 6.34. The molecule has 2 atom stereocenters. The molecule has 2 unspecified atom stereocenters. The van der Waals surface area contributed by atoms with E-state index in [1.807, 2.05) is 18.2 Å². The number of hydrogen-bond acceptors (Lipinski definition) is 2. The van der Waals surface area contributed by atoms with Gasteiger partial charge in [-0.25, -0.2) is 0 Å². The molecule has 1 rings (SSSR count). The molecule has 1 N–H and O–H groups in total. The molecule has 1 aromatic carbocycles. The van der Waals surface area contributed by atoms with Crippen molar-refractivity contribution < 1.29 is 14.7 Å². The fraction of sp³-hybridized carbons (Fsp3) is 0.692. The van der Waals surface area contributed by atoms with Crippen molar-refractivity contribution in [1.29, 1.82) is 0 Å². The third kappa shape index (κ3) is 9.60. The Bertz CT molecular complexity index is 581. The molecule has 0 bridgehead atoms. The Morgan fingerprint density at radius 2 is 1.52 bits per heavy atom. The molecule has 3 nitrogen and oxygen atoms in total. The lowest BCUT2D eigenvalue weighted by atomic mass is 9.69. The molecule has 0 heterocycles. The van der Waals surface area contributed by atoms with E-state index >= 15 is 0 Å². The highest BCUT2D eigenvalue weighted by atomic mass is 16.4. The van der Waals surface area contributed by atoms with Gasteiger partial charge in [0, 0.05) is 6.42 Å². The number of carboxylic acids is 1.